The third-order valence-electron chi connectivity index (χ3n) is 2.54. The highest BCUT2D eigenvalue weighted by atomic mass is 16.4. The molecule has 5 nitrogen and oxygen atoms in total. The van der Waals surface area contributed by atoms with E-state index in [-0.39, 0.29) is 5.69 Å². The second kappa shape index (κ2) is 4.93. The van der Waals surface area contributed by atoms with E-state index in [9.17, 15) is 9.90 Å². The summed E-state index contributed by atoms with van der Waals surface area (Å²) in [6.45, 7) is 1.68. The minimum absolute atomic E-state index is 0.0906. The van der Waals surface area contributed by atoms with Gasteiger partial charge in [-0.3, -0.25) is 4.98 Å². The average Bonchev–Trinajstić information content (AvgIpc) is 2.39. The highest BCUT2D eigenvalue weighted by Crippen LogP contribution is 2.19. The molecule has 0 fully saturated rings. The Morgan fingerprint density at radius 2 is 1.89 bits per heavy atom. The van der Waals surface area contributed by atoms with Crippen molar-refractivity contribution >= 4 is 5.97 Å². The first-order chi connectivity index (χ1) is 8.58. The minimum atomic E-state index is -1.11. The van der Waals surface area contributed by atoms with Crippen molar-refractivity contribution in [2.45, 2.75) is 13.0 Å². The van der Waals surface area contributed by atoms with E-state index in [1.165, 1.54) is 12.4 Å². The molecule has 1 atom stereocenters. The molecule has 18 heavy (non-hydrogen) atoms. The van der Waals surface area contributed by atoms with E-state index in [0.717, 1.165) is 11.1 Å². The largest absolute Gasteiger partial charge is 0.476 e. The molecule has 0 radical (unpaired) electrons. The zero-order chi connectivity index (χ0) is 13.1. The average molecular weight is 244 g/mol. The van der Waals surface area contributed by atoms with Crippen LogP contribution in [0.5, 0.6) is 0 Å². The third kappa shape index (κ3) is 2.52. The lowest BCUT2D eigenvalue weighted by molar-refractivity contribution is 0.0690. The van der Waals surface area contributed by atoms with Crippen LogP contribution in [-0.2, 0) is 0 Å². The maximum Gasteiger partial charge on any atom is 0.356 e. The fourth-order valence-electron chi connectivity index (χ4n) is 1.54. The number of benzene rings is 1. The lowest BCUT2D eigenvalue weighted by Gasteiger charge is -2.06. The van der Waals surface area contributed by atoms with Gasteiger partial charge in [0.15, 0.2) is 5.69 Å². The van der Waals surface area contributed by atoms with Crippen LogP contribution in [0.3, 0.4) is 0 Å². The van der Waals surface area contributed by atoms with Crippen LogP contribution in [0.4, 0.5) is 0 Å². The quantitative estimate of drug-likeness (QED) is 0.861. The van der Waals surface area contributed by atoms with Crippen LogP contribution in [-0.4, -0.2) is 26.2 Å². The molecule has 0 aliphatic carbocycles. The summed E-state index contributed by atoms with van der Waals surface area (Å²) in [5.41, 5.74) is 1.95. The summed E-state index contributed by atoms with van der Waals surface area (Å²) in [7, 11) is 0. The molecular weight excluding hydrogens is 232 g/mol. The predicted molar refractivity (Wildman–Crippen MR) is 65.1 cm³/mol. The highest BCUT2D eigenvalue weighted by molar-refractivity contribution is 5.85. The molecule has 2 N–H and O–H groups in total. The molecule has 0 aliphatic rings. The van der Waals surface area contributed by atoms with Crippen LogP contribution < -0.4 is 0 Å². The summed E-state index contributed by atoms with van der Waals surface area (Å²) >= 11 is 0. The first-order valence-corrected chi connectivity index (χ1v) is 5.41. The molecule has 0 saturated carbocycles. The molecule has 2 aromatic rings. The molecule has 1 aromatic carbocycles. The van der Waals surface area contributed by atoms with Gasteiger partial charge in [0.1, 0.15) is 0 Å². The summed E-state index contributed by atoms with van der Waals surface area (Å²) < 4.78 is 0. The molecule has 92 valence electrons. The van der Waals surface area contributed by atoms with Crippen LogP contribution in [0.15, 0.2) is 36.7 Å². The monoisotopic (exact) mass is 244 g/mol. The van der Waals surface area contributed by atoms with Crippen LogP contribution in [0.25, 0.3) is 11.3 Å². The van der Waals surface area contributed by atoms with Crippen molar-refractivity contribution in [1.29, 1.82) is 0 Å². The Kier molecular flexibility index (Phi) is 3.34. The molecule has 0 amide bonds. The Bertz CT molecular complexity index is 565. The van der Waals surface area contributed by atoms with Crippen LogP contribution in [0, 0.1) is 0 Å². The van der Waals surface area contributed by atoms with Gasteiger partial charge in [-0.05, 0) is 12.5 Å². The van der Waals surface area contributed by atoms with Gasteiger partial charge in [0.05, 0.1) is 24.2 Å². The second-order valence-electron chi connectivity index (χ2n) is 3.89. The van der Waals surface area contributed by atoms with Gasteiger partial charge in [-0.15, -0.1) is 0 Å². The maximum absolute atomic E-state index is 10.8. The summed E-state index contributed by atoms with van der Waals surface area (Å²) in [4.78, 5) is 18.6. The Morgan fingerprint density at radius 3 is 2.44 bits per heavy atom. The normalized spacial score (nSPS) is 12.1. The van der Waals surface area contributed by atoms with Gasteiger partial charge in [0, 0.05) is 5.56 Å². The van der Waals surface area contributed by atoms with Crippen molar-refractivity contribution in [2.75, 3.05) is 0 Å². The van der Waals surface area contributed by atoms with Gasteiger partial charge in [0.2, 0.25) is 0 Å². The zero-order valence-electron chi connectivity index (χ0n) is 9.74. The van der Waals surface area contributed by atoms with Crippen molar-refractivity contribution in [1.82, 2.24) is 9.97 Å². The van der Waals surface area contributed by atoms with Gasteiger partial charge in [-0.1, -0.05) is 24.3 Å². The van der Waals surface area contributed by atoms with Crippen molar-refractivity contribution in [3.05, 3.63) is 47.9 Å². The van der Waals surface area contributed by atoms with E-state index in [0.29, 0.717) is 5.69 Å². The Morgan fingerprint density at radius 1 is 1.22 bits per heavy atom. The number of aliphatic hydroxyl groups is 1. The topological polar surface area (TPSA) is 83.3 Å². The minimum Gasteiger partial charge on any atom is -0.476 e. The molecule has 0 aliphatic heterocycles. The van der Waals surface area contributed by atoms with Crippen LogP contribution >= 0.6 is 0 Å². The van der Waals surface area contributed by atoms with Gasteiger partial charge >= 0.3 is 5.97 Å². The highest BCUT2D eigenvalue weighted by Gasteiger charge is 2.08. The van der Waals surface area contributed by atoms with Crippen molar-refractivity contribution < 1.29 is 15.0 Å². The summed E-state index contributed by atoms with van der Waals surface area (Å²) in [6, 6.07) is 7.10. The fourth-order valence-corrected chi connectivity index (χ4v) is 1.54. The summed E-state index contributed by atoms with van der Waals surface area (Å²) in [5, 5.41) is 18.2. The summed E-state index contributed by atoms with van der Waals surface area (Å²) in [5.74, 6) is -1.11. The molecule has 0 spiro atoms. The van der Waals surface area contributed by atoms with Crippen molar-refractivity contribution in [2.24, 2.45) is 0 Å². The summed E-state index contributed by atoms with van der Waals surface area (Å²) in [6.07, 6.45) is 2.18. The molecule has 5 heteroatoms. The Balaban J connectivity index is 2.36. The number of aromatic carboxylic acids is 1. The smallest absolute Gasteiger partial charge is 0.356 e. The van der Waals surface area contributed by atoms with Crippen LogP contribution in [0.2, 0.25) is 0 Å². The lowest BCUT2D eigenvalue weighted by Crippen LogP contribution is -2.02. The van der Waals surface area contributed by atoms with E-state index in [1.54, 1.807) is 31.2 Å². The lowest BCUT2D eigenvalue weighted by atomic mass is 10.1. The number of carbonyl (C=O) groups is 1. The van der Waals surface area contributed by atoms with Gasteiger partial charge in [0.25, 0.3) is 0 Å². The molecule has 0 bridgehead atoms. The second-order valence-corrected chi connectivity index (χ2v) is 3.89. The Hall–Kier alpha value is -2.27. The zero-order valence-corrected chi connectivity index (χ0v) is 9.74. The van der Waals surface area contributed by atoms with E-state index in [4.69, 9.17) is 5.11 Å². The molecular formula is C13H12N2O3. The maximum atomic E-state index is 10.8. The van der Waals surface area contributed by atoms with Crippen molar-refractivity contribution in [3.8, 4) is 11.3 Å². The van der Waals surface area contributed by atoms with E-state index in [2.05, 4.69) is 9.97 Å². The van der Waals surface area contributed by atoms with E-state index in [1.807, 2.05) is 0 Å². The number of hydrogen-bond donors (Lipinski definition) is 2. The number of nitrogens with zero attached hydrogens (tertiary/aromatic N) is 2. The van der Waals surface area contributed by atoms with E-state index >= 15 is 0 Å². The first-order valence-electron chi connectivity index (χ1n) is 5.41. The van der Waals surface area contributed by atoms with Crippen molar-refractivity contribution in [3.63, 3.8) is 0 Å². The predicted octanol–water partition coefficient (Wildman–Crippen LogP) is 1.90. The number of carboxylic acids is 1. The van der Waals surface area contributed by atoms with Gasteiger partial charge < -0.3 is 10.2 Å². The van der Waals surface area contributed by atoms with E-state index < -0.39 is 12.1 Å². The molecule has 1 aromatic heterocycles. The molecule has 1 unspecified atom stereocenters. The Labute approximate surface area is 104 Å². The number of carboxylic acid groups (broad SMARTS) is 1. The first kappa shape index (κ1) is 12.2. The third-order valence-corrected chi connectivity index (χ3v) is 2.54. The SMILES string of the molecule is CC(O)c1ccc(-c2cncc(C(=O)O)n2)cc1. The number of aliphatic hydroxyl groups excluding tert-OH is 1. The van der Waals surface area contributed by atoms with Gasteiger partial charge in [-0.25, -0.2) is 9.78 Å². The number of aromatic nitrogens is 2. The van der Waals surface area contributed by atoms with Gasteiger partial charge in [-0.2, -0.15) is 0 Å². The van der Waals surface area contributed by atoms with Crippen LogP contribution in [0.1, 0.15) is 29.1 Å². The molecule has 0 saturated heterocycles. The molecule has 1 heterocycles. The number of rotatable bonds is 3. The fraction of sp³-hybridized carbons (Fsp3) is 0.154. The number of hydrogen-bond acceptors (Lipinski definition) is 4. The molecule has 2 rings (SSSR count). The standard InChI is InChI=1S/C13H12N2O3/c1-8(16)9-2-4-10(5-3-9)11-6-14-7-12(15-11)13(17)18/h2-8,16H,1H3,(H,17,18).